The van der Waals surface area contributed by atoms with Crippen LogP contribution in [0, 0.1) is 21.7 Å². The number of nitro groups is 1. The molecule has 2 amide bonds. The Morgan fingerprint density at radius 2 is 1.95 bits per heavy atom. The van der Waals surface area contributed by atoms with Crippen molar-refractivity contribution in [2.75, 3.05) is 6.54 Å². The molecule has 1 rings (SSSR count). The van der Waals surface area contributed by atoms with Crippen molar-refractivity contribution in [3.63, 3.8) is 0 Å². The van der Waals surface area contributed by atoms with Crippen LogP contribution in [0.15, 0.2) is 12.1 Å². The molecule has 0 bridgehead atoms. The topological polar surface area (TPSA) is 107 Å². The molecule has 1 aromatic carbocycles. The molecule has 0 saturated heterocycles. The molecule has 0 unspecified atom stereocenters. The summed E-state index contributed by atoms with van der Waals surface area (Å²) in [4.78, 5) is 33.5. The van der Waals surface area contributed by atoms with Crippen LogP contribution in [0.1, 0.15) is 24.2 Å². The summed E-state index contributed by atoms with van der Waals surface area (Å²) in [6.07, 6.45) is 0. The number of amides is 2. The minimum atomic E-state index is -1.58. The van der Waals surface area contributed by atoms with E-state index >= 15 is 0 Å². The Labute approximate surface area is 118 Å². The zero-order valence-corrected chi connectivity index (χ0v) is 11.3. The number of rotatable bonds is 5. The lowest BCUT2D eigenvalue weighted by Gasteiger charge is -2.25. The van der Waals surface area contributed by atoms with E-state index in [1.54, 1.807) is 0 Å². The van der Waals surface area contributed by atoms with E-state index in [1.165, 1.54) is 13.8 Å². The maximum absolute atomic E-state index is 14.0. The Kier molecular flexibility index (Phi) is 4.90. The van der Waals surface area contributed by atoms with Gasteiger partial charge in [-0.25, -0.2) is 4.39 Å². The van der Waals surface area contributed by atoms with E-state index in [4.69, 9.17) is 5.73 Å². The number of benzene rings is 1. The van der Waals surface area contributed by atoms with Crippen molar-refractivity contribution in [2.45, 2.75) is 19.9 Å². The molecular formula is C12H13F2N3O4. The predicted octanol–water partition coefficient (Wildman–Crippen LogP) is 1.21. The van der Waals surface area contributed by atoms with Crippen molar-refractivity contribution in [2.24, 2.45) is 5.73 Å². The highest BCUT2D eigenvalue weighted by atomic mass is 19.1. The lowest BCUT2D eigenvalue weighted by molar-refractivity contribution is -0.387. The summed E-state index contributed by atoms with van der Waals surface area (Å²) in [6, 6.07) is 0.662. The van der Waals surface area contributed by atoms with Crippen molar-refractivity contribution >= 4 is 17.5 Å². The number of carbonyl (C=O) groups is 2. The average molecular weight is 301 g/mol. The molecule has 0 fully saturated rings. The van der Waals surface area contributed by atoms with Gasteiger partial charge in [0.25, 0.3) is 5.91 Å². The summed E-state index contributed by atoms with van der Waals surface area (Å²) in [5, 5.41) is 10.6. The minimum Gasteiger partial charge on any atom is -0.368 e. The van der Waals surface area contributed by atoms with E-state index in [0.29, 0.717) is 12.1 Å². The van der Waals surface area contributed by atoms with Crippen LogP contribution in [-0.4, -0.2) is 34.2 Å². The smallest absolute Gasteiger partial charge is 0.305 e. The average Bonchev–Trinajstić information content (AvgIpc) is 2.34. The quantitative estimate of drug-likeness (QED) is 0.651. The molecular weight excluding hydrogens is 288 g/mol. The molecule has 0 saturated carbocycles. The van der Waals surface area contributed by atoms with Crippen LogP contribution < -0.4 is 5.73 Å². The van der Waals surface area contributed by atoms with Gasteiger partial charge in [-0.3, -0.25) is 19.7 Å². The van der Waals surface area contributed by atoms with Gasteiger partial charge in [0.05, 0.1) is 11.5 Å². The van der Waals surface area contributed by atoms with Crippen molar-refractivity contribution < 1.29 is 23.3 Å². The van der Waals surface area contributed by atoms with Gasteiger partial charge in [-0.1, -0.05) is 0 Å². The monoisotopic (exact) mass is 301 g/mol. The highest BCUT2D eigenvalue weighted by Gasteiger charge is 2.30. The molecule has 2 N–H and O–H groups in total. The van der Waals surface area contributed by atoms with Gasteiger partial charge >= 0.3 is 5.69 Å². The maximum atomic E-state index is 14.0. The molecule has 7 nitrogen and oxygen atoms in total. The zero-order chi connectivity index (χ0) is 16.3. The van der Waals surface area contributed by atoms with Gasteiger partial charge in [0.15, 0.2) is 0 Å². The predicted molar refractivity (Wildman–Crippen MR) is 68.4 cm³/mol. The molecule has 0 radical (unpaired) electrons. The normalized spacial score (nSPS) is 10.5. The molecule has 0 spiro atoms. The summed E-state index contributed by atoms with van der Waals surface area (Å²) in [7, 11) is 0. The molecule has 0 aliphatic rings. The van der Waals surface area contributed by atoms with Crippen LogP contribution in [0.2, 0.25) is 0 Å². The zero-order valence-electron chi connectivity index (χ0n) is 11.3. The number of nitrogens with zero attached hydrogens (tertiary/aromatic N) is 2. The third kappa shape index (κ3) is 3.50. The Hall–Kier alpha value is -2.58. The Bertz CT molecular complexity index is 604. The summed E-state index contributed by atoms with van der Waals surface area (Å²) >= 11 is 0. The number of nitrogens with two attached hydrogens (primary N) is 1. The van der Waals surface area contributed by atoms with Gasteiger partial charge in [-0.05, 0) is 19.9 Å². The van der Waals surface area contributed by atoms with Crippen LogP contribution in [0.25, 0.3) is 0 Å². The van der Waals surface area contributed by atoms with Crippen LogP contribution in [0.5, 0.6) is 0 Å². The van der Waals surface area contributed by atoms with Crippen molar-refractivity contribution in [3.8, 4) is 0 Å². The van der Waals surface area contributed by atoms with Crippen LogP contribution >= 0.6 is 0 Å². The second-order valence-electron chi connectivity index (χ2n) is 4.51. The minimum absolute atomic E-state index is 0.557. The van der Waals surface area contributed by atoms with Crippen LogP contribution in [-0.2, 0) is 4.79 Å². The molecule has 1 aromatic rings. The Balaban J connectivity index is 3.37. The van der Waals surface area contributed by atoms with E-state index < -0.39 is 52.2 Å². The van der Waals surface area contributed by atoms with Gasteiger partial charge in [0.2, 0.25) is 11.7 Å². The first kappa shape index (κ1) is 16.5. The fourth-order valence-electron chi connectivity index (χ4n) is 1.68. The highest BCUT2D eigenvalue weighted by molar-refractivity contribution is 5.97. The van der Waals surface area contributed by atoms with Crippen molar-refractivity contribution in [1.82, 2.24) is 4.90 Å². The summed E-state index contributed by atoms with van der Waals surface area (Å²) in [5.74, 6) is -4.89. The summed E-state index contributed by atoms with van der Waals surface area (Å²) < 4.78 is 27.6. The number of nitro benzene ring substituents is 1. The molecule has 0 aliphatic heterocycles. The molecule has 0 aromatic heterocycles. The third-order valence-corrected chi connectivity index (χ3v) is 2.69. The molecule has 0 aliphatic carbocycles. The second-order valence-corrected chi connectivity index (χ2v) is 4.51. The van der Waals surface area contributed by atoms with Crippen molar-refractivity contribution in [1.29, 1.82) is 0 Å². The van der Waals surface area contributed by atoms with Gasteiger partial charge < -0.3 is 10.6 Å². The Morgan fingerprint density at radius 1 is 1.38 bits per heavy atom. The van der Waals surface area contributed by atoms with E-state index in [9.17, 15) is 28.5 Å². The molecule has 9 heteroatoms. The number of halogens is 2. The fraction of sp³-hybridized carbons (Fsp3) is 0.333. The van der Waals surface area contributed by atoms with Gasteiger partial charge in [-0.2, -0.15) is 4.39 Å². The largest absolute Gasteiger partial charge is 0.368 e. The van der Waals surface area contributed by atoms with E-state index in [-0.39, 0.29) is 0 Å². The first-order chi connectivity index (χ1) is 9.66. The van der Waals surface area contributed by atoms with Crippen LogP contribution in [0.4, 0.5) is 14.5 Å². The summed E-state index contributed by atoms with van der Waals surface area (Å²) in [6.45, 7) is 2.46. The summed E-state index contributed by atoms with van der Waals surface area (Å²) in [5.41, 5.74) is 2.86. The fourth-order valence-corrected chi connectivity index (χ4v) is 1.68. The van der Waals surface area contributed by atoms with Gasteiger partial charge in [-0.15, -0.1) is 0 Å². The van der Waals surface area contributed by atoms with Crippen LogP contribution in [0.3, 0.4) is 0 Å². The second kappa shape index (κ2) is 6.25. The third-order valence-electron chi connectivity index (χ3n) is 2.69. The van der Waals surface area contributed by atoms with E-state index in [1.807, 2.05) is 0 Å². The molecule has 0 atom stereocenters. The number of hydrogen-bond acceptors (Lipinski definition) is 4. The molecule has 21 heavy (non-hydrogen) atoms. The number of hydrogen-bond donors (Lipinski definition) is 1. The highest BCUT2D eigenvalue weighted by Crippen LogP contribution is 2.24. The van der Waals surface area contributed by atoms with E-state index in [0.717, 1.165) is 4.90 Å². The number of carbonyl (C=O) groups excluding carboxylic acids is 2. The maximum Gasteiger partial charge on any atom is 0.305 e. The number of primary amides is 1. The van der Waals surface area contributed by atoms with Gasteiger partial charge in [0, 0.05) is 12.1 Å². The van der Waals surface area contributed by atoms with E-state index in [2.05, 4.69) is 0 Å². The molecule has 0 heterocycles. The SMILES string of the molecule is CC(C)N(CC(N)=O)C(=O)c1c(F)ccc([N+](=O)[O-])c1F. The molecule has 114 valence electrons. The Morgan fingerprint density at radius 3 is 2.38 bits per heavy atom. The first-order valence-electron chi connectivity index (χ1n) is 5.88. The first-order valence-corrected chi connectivity index (χ1v) is 5.88. The van der Waals surface area contributed by atoms with Gasteiger partial charge in [0.1, 0.15) is 11.4 Å². The van der Waals surface area contributed by atoms with Crippen molar-refractivity contribution in [3.05, 3.63) is 39.4 Å². The lowest BCUT2D eigenvalue weighted by atomic mass is 10.1. The lowest BCUT2D eigenvalue weighted by Crippen LogP contribution is -2.43. The standard InChI is InChI=1S/C12H13F2N3O4/c1-6(2)16(5-9(15)18)12(19)10-7(13)3-4-8(11(10)14)17(20)21/h3-4,6H,5H2,1-2H3,(H2,15,18).